The number of carbonyl (C=O) groups excluding carboxylic acids is 1. The lowest BCUT2D eigenvalue weighted by molar-refractivity contribution is -0.247. The summed E-state index contributed by atoms with van der Waals surface area (Å²) in [5.74, 6) is -3.20. The van der Waals surface area contributed by atoms with Crippen LogP contribution in [0, 0.1) is 0 Å². The third kappa shape index (κ3) is 1.38. The Balaban J connectivity index is 2.58. The molecule has 0 unspecified atom stereocenters. The Hall–Kier alpha value is -1.85. The Morgan fingerprint density at radius 2 is 2.20 bits per heavy atom. The third-order valence-corrected chi connectivity index (χ3v) is 2.28. The lowest BCUT2D eigenvalue weighted by Crippen LogP contribution is -2.42. The average molecular weight is 213 g/mol. The van der Waals surface area contributed by atoms with Crippen molar-refractivity contribution in [3.63, 3.8) is 0 Å². The van der Waals surface area contributed by atoms with Gasteiger partial charge in [-0.3, -0.25) is 0 Å². The summed E-state index contributed by atoms with van der Waals surface area (Å²) in [6.07, 6.45) is -1.64. The summed E-state index contributed by atoms with van der Waals surface area (Å²) in [6, 6.07) is 3.70. The molecule has 0 atom stereocenters. The van der Waals surface area contributed by atoms with Crippen LogP contribution in [0.1, 0.15) is 5.56 Å². The van der Waals surface area contributed by atoms with Crippen LogP contribution in [-0.2, 0) is 5.92 Å². The summed E-state index contributed by atoms with van der Waals surface area (Å²) in [7, 11) is 0. The van der Waals surface area contributed by atoms with Crippen molar-refractivity contribution >= 4 is 17.5 Å². The van der Waals surface area contributed by atoms with Crippen molar-refractivity contribution in [1.82, 2.24) is 0 Å². The second kappa shape index (κ2) is 2.82. The van der Waals surface area contributed by atoms with Gasteiger partial charge in [0, 0.05) is 11.3 Å². The fraction of sp³-hybridized carbons (Fsp3) is 0.222. The Labute approximate surface area is 83.9 Å². The molecule has 0 fully saturated rings. The number of amides is 1. The number of carbonyl (C=O) groups is 1. The molecule has 1 aliphatic rings. The van der Waals surface area contributed by atoms with E-state index in [1.54, 1.807) is 0 Å². The number of hydrogen-bond acceptors (Lipinski definition) is 3. The van der Waals surface area contributed by atoms with Crippen molar-refractivity contribution in [1.29, 1.82) is 0 Å². The molecule has 80 valence electrons. The lowest BCUT2D eigenvalue weighted by atomic mass is 10.1. The van der Waals surface area contributed by atoms with E-state index in [0.717, 1.165) is 6.07 Å². The summed E-state index contributed by atoms with van der Waals surface area (Å²) >= 11 is 0. The highest BCUT2D eigenvalue weighted by Gasteiger charge is 2.44. The van der Waals surface area contributed by atoms with Gasteiger partial charge < -0.3 is 20.5 Å². The van der Waals surface area contributed by atoms with Crippen molar-refractivity contribution in [2.75, 3.05) is 17.2 Å². The number of fused-ring (bicyclic) bond motifs is 1. The number of carboxylic acid groups (broad SMARTS) is 1. The van der Waals surface area contributed by atoms with Crippen LogP contribution in [0.4, 0.5) is 25.0 Å². The summed E-state index contributed by atoms with van der Waals surface area (Å²) in [6.45, 7) is -0.909. The van der Waals surface area contributed by atoms with Gasteiger partial charge in [-0.2, -0.15) is 8.78 Å². The van der Waals surface area contributed by atoms with E-state index in [2.05, 4.69) is 0 Å². The summed E-state index contributed by atoms with van der Waals surface area (Å²) in [5.41, 5.74) is 5.10. The molecule has 1 aromatic carbocycles. The largest absolute Gasteiger partial charge is 0.530 e. The number of anilines is 2. The van der Waals surface area contributed by atoms with Crippen LogP contribution in [0.3, 0.4) is 0 Å². The van der Waals surface area contributed by atoms with Gasteiger partial charge in [-0.25, -0.2) is 0 Å². The van der Waals surface area contributed by atoms with Crippen LogP contribution in [-0.4, -0.2) is 12.6 Å². The van der Waals surface area contributed by atoms with E-state index in [1.807, 2.05) is 0 Å². The highest BCUT2D eigenvalue weighted by Crippen LogP contribution is 2.43. The molecule has 2 N–H and O–H groups in total. The van der Waals surface area contributed by atoms with E-state index in [4.69, 9.17) is 5.73 Å². The van der Waals surface area contributed by atoms with E-state index in [0.29, 0.717) is 4.90 Å². The maximum atomic E-state index is 13.3. The number of rotatable bonds is 0. The maximum Gasteiger partial charge on any atom is 0.292 e. The molecule has 0 bridgehead atoms. The Morgan fingerprint density at radius 3 is 2.80 bits per heavy atom. The van der Waals surface area contributed by atoms with Crippen LogP contribution >= 0.6 is 0 Å². The van der Waals surface area contributed by atoms with Gasteiger partial charge in [0.2, 0.25) is 0 Å². The van der Waals surface area contributed by atoms with Crippen LogP contribution in [0.2, 0.25) is 0 Å². The quantitative estimate of drug-likeness (QED) is 0.639. The van der Waals surface area contributed by atoms with Crippen molar-refractivity contribution in [3.8, 4) is 0 Å². The Kier molecular flexibility index (Phi) is 1.82. The summed E-state index contributed by atoms with van der Waals surface area (Å²) in [4.78, 5) is 11.1. The number of hydrogen-bond donors (Lipinski definition) is 1. The molecule has 1 heterocycles. The minimum Gasteiger partial charge on any atom is -0.530 e. The molecule has 0 saturated heterocycles. The third-order valence-electron chi connectivity index (χ3n) is 2.28. The number of nitrogens with zero attached hydrogens (tertiary/aromatic N) is 1. The fourth-order valence-electron chi connectivity index (χ4n) is 1.61. The van der Waals surface area contributed by atoms with E-state index in [-0.39, 0.29) is 16.9 Å². The second-order valence-electron chi connectivity index (χ2n) is 3.33. The standard InChI is InChI=1S/C9H8F2N2O2/c10-9(11)4-13(8(14)15)7-2-1-5(12)3-6(7)9/h1-3H,4,12H2,(H,14,15)/p-1. The fourth-order valence-corrected chi connectivity index (χ4v) is 1.61. The van der Waals surface area contributed by atoms with Crippen molar-refractivity contribution in [2.24, 2.45) is 0 Å². The van der Waals surface area contributed by atoms with Crippen LogP contribution < -0.4 is 15.7 Å². The predicted molar refractivity (Wildman–Crippen MR) is 47.5 cm³/mol. The zero-order chi connectivity index (χ0) is 11.2. The van der Waals surface area contributed by atoms with E-state index >= 15 is 0 Å². The summed E-state index contributed by atoms with van der Waals surface area (Å²) < 4.78 is 26.7. The minimum absolute atomic E-state index is 0.0609. The molecular formula is C9H7F2N2O2-. The molecule has 4 nitrogen and oxygen atoms in total. The number of nitrogen functional groups attached to an aromatic ring is 1. The van der Waals surface area contributed by atoms with Crippen LogP contribution in [0.5, 0.6) is 0 Å². The smallest absolute Gasteiger partial charge is 0.292 e. The van der Waals surface area contributed by atoms with Crippen LogP contribution in [0.15, 0.2) is 18.2 Å². The molecular weight excluding hydrogens is 206 g/mol. The van der Waals surface area contributed by atoms with Crippen LogP contribution in [0.25, 0.3) is 0 Å². The Morgan fingerprint density at radius 1 is 1.53 bits per heavy atom. The highest BCUT2D eigenvalue weighted by atomic mass is 19.3. The highest BCUT2D eigenvalue weighted by molar-refractivity contribution is 5.88. The van der Waals surface area contributed by atoms with Gasteiger partial charge >= 0.3 is 0 Å². The van der Waals surface area contributed by atoms with Gasteiger partial charge in [-0.1, -0.05) is 0 Å². The maximum absolute atomic E-state index is 13.3. The molecule has 1 aliphatic heterocycles. The van der Waals surface area contributed by atoms with Gasteiger partial charge in [-0.15, -0.1) is 0 Å². The zero-order valence-corrected chi connectivity index (χ0v) is 7.54. The topological polar surface area (TPSA) is 69.4 Å². The van der Waals surface area contributed by atoms with Crippen molar-refractivity contribution in [3.05, 3.63) is 23.8 Å². The van der Waals surface area contributed by atoms with Gasteiger partial charge in [0.25, 0.3) is 5.92 Å². The number of nitrogens with two attached hydrogens (primary N) is 1. The predicted octanol–water partition coefficient (Wildman–Crippen LogP) is 0.524. The number of benzene rings is 1. The van der Waals surface area contributed by atoms with Gasteiger partial charge in [0.05, 0.1) is 12.2 Å². The van der Waals surface area contributed by atoms with E-state index in [1.165, 1.54) is 12.1 Å². The lowest BCUT2D eigenvalue weighted by Gasteiger charge is -2.19. The first-order valence-corrected chi connectivity index (χ1v) is 4.18. The van der Waals surface area contributed by atoms with Gasteiger partial charge in [0.1, 0.15) is 6.09 Å². The summed E-state index contributed by atoms with van der Waals surface area (Å²) in [5, 5.41) is 10.6. The van der Waals surface area contributed by atoms with E-state index < -0.39 is 18.6 Å². The molecule has 1 aromatic rings. The van der Waals surface area contributed by atoms with Crippen molar-refractivity contribution in [2.45, 2.75) is 5.92 Å². The number of halogens is 2. The monoisotopic (exact) mass is 213 g/mol. The molecule has 0 saturated carbocycles. The minimum atomic E-state index is -3.20. The molecule has 6 heteroatoms. The average Bonchev–Trinajstić information content (AvgIpc) is 2.39. The zero-order valence-electron chi connectivity index (χ0n) is 7.54. The SMILES string of the molecule is Nc1ccc2c(c1)C(F)(F)CN2C(=O)[O-]. The molecule has 0 spiro atoms. The van der Waals surface area contributed by atoms with E-state index in [9.17, 15) is 18.7 Å². The normalized spacial score (nSPS) is 17.6. The molecule has 2 rings (SSSR count). The first kappa shape index (κ1) is 9.70. The first-order valence-electron chi connectivity index (χ1n) is 4.18. The first-order chi connectivity index (χ1) is 6.92. The molecule has 0 radical (unpaired) electrons. The van der Waals surface area contributed by atoms with Crippen molar-refractivity contribution < 1.29 is 18.7 Å². The van der Waals surface area contributed by atoms with Gasteiger partial charge in [-0.05, 0) is 18.2 Å². The van der Waals surface area contributed by atoms with Gasteiger partial charge in [0.15, 0.2) is 0 Å². The Bertz CT molecular complexity index is 434. The molecule has 1 amide bonds. The number of alkyl halides is 2. The second-order valence-corrected chi connectivity index (χ2v) is 3.33. The molecule has 15 heavy (non-hydrogen) atoms. The molecule has 0 aromatic heterocycles. The molecule has 0 aliphatic carbocycles.